The third kappa shape index (κ3) is 3.22. The maximum atomic E-state index is 12.6. The number of nitrogens with zero attached hydrogens (tertiary/aromatic N) is 1. The number of hydrogen-bond donors (Lipinski definition) is 1. The van der Waals surface area contributed by atoms with E-state index in [0.717, 1.165) is 12.8 Å². The quantitative estimate of drug-likeness (QED) is 0.912. The highest BCUT2D eigenvalue weighted by Gasteiger charge is 2.29. The van der Waals surface area contributed by atoms with E-state index in [1.165, 1.54) is 0 Å². The van der Waals surface area contributed by atoms with Crippen molar-refractivity contribution in [1.29, 1.82) is 0 Å². The van der Waals surface area contributed by atoms with E-state index < -0.39 is 0 Å². The Bertz CT molecular complexity index is 479. The summed E-state index contributed by atoms with van der Waals surface area (Å²) in [6.45, 7) is 3.36. The molecule has 0 bridgehead atoms. The Morgan fingerprint density at radius 1 is 1.42 bits per heavy atom. The molecule has 1 aromatic carbocycles. The van der Waals surface area contributed by atoms with Crippen LogP contribution in [0.1, 0.15) is 30.1 Å². The second-order valence-electron chi connectivity index (χ2n) is 5.11. The lowest BCUT2D eigenvalue weighted by Crippen LogP contribution is -2.47. The van der Waals surface area contributed by atoms with Crippen molar-refractivity contribution < 1.29 is 4.79 Å². The van der Waals surface area contributed by atoms with Gasteiger partial charge in [-0.2, -0.15) is 0 Å². The maximum absolute atomic E-state index is 12.6. The Hall–Kier alpha value is -0.770. The summed E-state index contributed by atoms with van der Waals surface area (Å²) in [4.78, 5) is 14.4. The van der Waals surface area contributed by atoms with Crippen LogP contribution in [0.4, 0.5) is 0 Å². The smallest absolute Gasteiger partial charge is 0.255 e. The zero-order valence-corrected chi connectivity index (χ0v) is 12.4. The van der Waals surface area contributed by atoms with Crippen LogP contribution < -0.4 is 5.73 Å². The molecule has 1 fully saturated rings. The van der Waals surface area contributed by atoms with Gasteiger partial charge in [0.1, 0.15) is 0 Å². The van der Waals surface area contributed by atoms with Gasteiger partial charge in [0.15, 0.2) is 0 Å². The lowest BCUT2D eigenvalue weighted by atomic mass is 9.93. The average Bonchev–Trinajstić information content (AvgIpc) is 2.41. The Kier molecular flexibility index (Phi) is 4.71. The Morgan fingerprint density at radius 3 is 2.84 bits per heavy atom. The first-order valence-electron chi connectivity index (χ1n) is 6.49. The monoisotopic (exact) mass is 300 g/mol. The molecule has 0 spiro atoms. The predicted octanol–water partition coefficient (Wildman–Crippen LogP) is 3.19. The van der Waals surface area contributed by atoms with Crippen molar-refractivity contribution in [2.75, 3.05) is 13.1 Å². The average molecular weight is 301 g/mol. The lowest BCUT2D eigenvalue weighted by molar-refractivity contribution is 0.0567. The minimum Gasteiger partial charge on any atom is -0.336 e. The van der Waals surface area contributed by atoms with Crippen LogP contribution in [0.2, 0.25) is 10.0 Å². The number of carbonyl (C=O) groups excluding carboxylic acids is 1. The molecule has 1 aromatic rings. The van der Waals surface area contributed by atoms with Crippen molar-refractivity contribution in [1.82, 2.24) is 4.90 Å². The van der Waals surface area contributed by atoms with Gasteiger partial charge in [0.2, 0.25) is 0 Å². The minimum atomic E-state index is -0.0573. The van der Waals surface area contributed by atoms with Crippen LogP contribution in [0.25, 0.3) is 0 Å². The summed E-state index contributed by atoms with van der Waals surface area (Å²) in [5.41, 5.74) is 6.19. The van der Waals surface area contributed by atoms with Crippen LogP contribution >= 0.6 is 23.2 Å². The number of amides is 1. The zero-order valence-electron chi connectivity index (χ0n) is 10.9. The normalized spacial score (nSPS) is 23.5. The molecular formula is C14H18Cl2N2O. The molecule has 0 saturated carbocycles. The van der Waals surface area contributed by atoms with Crippen LogP contribution in [0.15, 0.2) is 18.2 Å². The van der Waals surface area contributed by atoms with Gasteiger partial charge in [-0.3, -0.25) is 4.79 Å². The molecule has 2 rings (SSSR count). The van der Waals surface area contributed by atoms with Gasteiger partial charge in [-0.05, 0) is 50.4 Å². The molecule has 104 valence electrons. The zero-order chi connectivity index (χ0) is 14.0. The fourth-order valence-electron chi connectivity index (χ4n) is 2.47. The van der Waals surface area contributed by atoms with Crippen LogP contribution in [-0.4, -0.2) is 29.9 Å². The molecule has 19 heavy (non-hydrogen) atoms. The van der Waals surface area contributed by atoms with Gasteiger partial charge in [-0.15, -0.1) is 0 Å². The second kappa shape index (κ2) is 6.12. The summed E-state index contributed by atoms with van der Waals surface area (Å²) in [5.74, 6) is 0.316. The first-order chi connectivity index (χ1) is 9.02. The summed E-state index contributed by atoms with van der Waals surface area (Å²) >= 11 is 12.0. The van der Waals surface area contributed by atoms with E-state index in [9.17, 15) is 4.79 Å². The van der Waals surface area contributed by atoms with Gasteiger partial charge in [0, 0.05) is 17.6 Å². The van der Waals surface area contributed by atoms with Crippen LogP contribution in [0.5, 0.6) is 0 Å². The molecule has 1 aliphatic heterocycles. The van der Waals surface area contributed by atoms with Crippen molar-refractivity contribution in [3.8, 4) is 0 Å². The third-order valence-electron chi connectivity index (χ3n) is 3.73. The van der Waals surface area contributed by atoms with Crippen LogP contribution in [0, 0.1) is 5.92 Å². The maximum Gasteiger partial charge on any atom is 0.255 e. The molecule has 0 aromatic heterocycles. The minimum absolute atomic E-state index is 0.0573. The summed E-state index contributed by atoms with van der Waals surface area (Å²) in [6.07, 6.45) is 2.05. The van der Waals surface area contributed by atoms with E-state index in [1.807, 2.05) is 4.90 Å². The largest absolute Gasteiger partial charge is 0.336 e. The van der Waals surface area contributed by atoms with Crippen LogP contribution in [-0.2, 0) is 0 Å². The highest BCUT2D eigenvalue weighted by atomic mass is 35.5. The first-order valence-corrected chi connectivity index (χ1v) is 7.24. The number of rotatable bonds is 2. The van der Waals surface area contributed by atoms with Crippen molar-refractivity contribution in [2.45, 2.75) is 25.8 Å². The van der Waals surface area contributed by atoms with Gasteiger partial charge >= 0.3 is 0 Å². The second-order valence-corrected chi connectivity index (χ2v) is 5.95. The molecule has 0 aliphatic carbocycles. The summed E-state index contributed by atoms with van der Waals surface area (Å²) < 4.78 is 0. The highest BCUT2D eigenvalue weighted by molar-refractivity contribution is 6.35. The fraction of sp³-hybridized carbons (Fsp3) is 0.500. The summed E-state index contributed by atoms with van der Waals surface area (Å²) in [5, 5.41) is 0.962. The summed E-state index contributed by atoms with van der Waals surface area (Å²) in [6, 6.07) is 5.19. The lowest BCUT2D eigenvalue weighted by Gasteiger charge is -2.37. The molecule has 3 nitrogen and oxygen atoms in total. The number of benzene rings is 1. The molecule has 5 heteroatoms. The Morgan fingerprint density at radius 2 is 2.16 bits per heavy atom. The molecule has 0 radical (unpaired) electrons. The molecule has 2 N–H and O–H groups in total. The predicted molar refractivity (Wildman–Crippen MR) is 78.7 cm³/mol. The van der Waals surface area contributed by atoms with Gasteiger partial charge in [-0.25, -0.2) is 0 Å². The third-order valence-corrected chi connectivity index (χ3v) is 4.30. The SMILES string of the molecule is CC1CCC(CN)CN1C(=O)c1cc(Cl)ccc1Cl. The van der Waals surface area contributed by atoms with Crippen molar-refractivity contribution in [3.63, 3.8) is 0 Å². The number of piperidine rings is 1. The number of likely N-dealkylation sites (tertiary alicyclic amines) is 1. The van der Waals surface area contributed by atoms with Gasteiger partial charge in [0.05, 0.1) is 10.6 Å². The standard InChI is InChI=1S/C14H18Cl2N2O/c1-9-2-3-10(7-17)8-18(9)14(19)12-6-11(15)4-5-13(12)16/h4-6,9-10H,2-3,7-8,17H2,1H3. The van der Waals surface area contributed by atoms with Gasteiger partial charge < -0.3 is 10.6 Å². The van der Waals surface area contributed by atoms with Crippen molar-refractivity contribution in [2.24, 2.45) is 11.7 Å². The molecule has 1 heterocycles. The van der Waals surface area contributed by atoms with E-state index >= 15 is 0 Å². The molecule has 1 saturated heterocycles. The molecule has 1 amide bonds. The first kappa shape index (κ1) is 14.6. The number of nitrogens with two attached hydrogens (primary N) is 1. The number of carbonyl (C=O) groups is 1. The molecule has 2 unspecified atom stereocenters. The molecule has 1 aliphatic rings. The highest BCUT2D eigenvalue weighted by Crippen LogP contribution is 2.27. The summed E-state index contributed by atoms with van der Waals surface area (Å²) in [7, 11) is 0. The Labute approximate surface area is 123 Å². The number of hydrogen-bond acceptors (Lipinski definition) is 2. The molecule has 2 atom stereocenters. The van der Waals surface area contributed by atoms with Gasteiger partial charge in [-0.1, -0.05) is 23.2 Å². The van der Waals surface area contributed by atoms with Crippen molar-refractivity contribution in [3.05, 3.63) is 33.8 Å². The van der Waals surface area contributed by atoms with Gasteiger partial charge in [0.25, 0.3) is 5.91 Å². The van der Waals surface area contributed by atoms with E-state index in [2.05, 4.69) is 6.92 Å². The molecular weight excluding hydrogens is 283 g/mol. The fourth-order valence-corrected chi connectivity index (χ4v) is 2.84. The van der Waals surface area contributed by atoms with E-state index in [-0.39, 0.29) is 11.9 Å². The van der Waals surface area contributed by atoms with Crippen LogP contribution in [0.3, 0.4) is 0 Å². The van der Waals surface area contributed by atoms with Crippen molar-refractivity contribution >= 4 is 29.1 Å². The van der Waals surface area contributed by atoms with E-state index in [0.29, 0.717) is 34.6 Å². The number of halogens is 2. The van der Waals surface area contributed by atoms with E-state index in [4.69, 9.17) is 28.9 Å². The Balaban J connectivity index is 2.24. The topological polar surface area (TPSA) is 46.3 Å². The van der Waals surface area contributed by atoms with E-state index in [1.54, 1.807) is 18.2 Å².